The van der Waals surface area contributed by atoms with Gasteiger partial charge in [-0.3, -0.25) is 11.3 Å². The molecule has 1 aromatic rings. The van der Waals surface area contributed by atoms with Crippen molar-refractivity contribution in [2.75, 3.05) is 0 Å². The number of alkyl halides is 2. The van der Waals surface area contributed by atoms with Crippen molar-refractivity contribution in [2.24, 2.45) is 11.8 Å². The van der Waals surface area contributed by atoms with E-state index in [1.165, 1.54) is 36.0 Å². The molecule has 3 N–H and O–H groups in total. The van der Waals surface area contributed by atoms with Gasteiger partial charge in [0.1, 0.15) is 0 Å². The minimum Gasteiger partial charge on any atom is -0.271 e. The second-order valence-corrected chi connectivity index (χ2v) is 6.63. The molecule has 2 aliphatic rings. The molecule has 1 atom stereocenters. The highest BCUT2D eigenvalue weighted by atomic mass is 19.3. The predicted molar refractivity (Wildman–Crippen MR) is 80.2 cm³/mol. The summed E-state index contributed by atoms with van der Waals surface area (Å²) in [5, 5.41) is 0. The first-order valence-electron chi connectivity index (χ1n) is 8.02. The number of rotatable bonds is 4. The van der Waals surface area contributed by atoms with Crippen LogP contribution in [-0.2, 0) is 19.3 Å². The molecular weight excluding hydrogens is 270 g/mol. The smallest absolute Gasteiger partial charge is 0.248 e. The summed E-state index contributed by atoms with van der Waals surface area (Å²) in [4.78, 5) is 0. The van der Waals surface area contributed by atoms with Gasteiger partial charge in [-0.2, -0.15) is 0 Å². The Kier molecular flexibility index (Phi) is 4.27. The molecule has 21 heavy (non-hydrogen) atoms. The zero-order valence-electron chi connectivity index (χ0n) is 12.4. The molecule has 3 rings (SSSR count). The fourth-order valence-electron chi connectivity index (χ4n) is 3.83. The summed E-state index contributed by atoms with van der Waals surface area (Å²) >= 11 is 0. The van der Waals surface area contributed by atoms with Crippen molar-refractivity contribution in [1.29, 1.82) is 0 Å². The van der Waals surface area contributed by atoms with E-state index in [0.29, 0.717) is 12.8 Å². The van der Waals surface area contributed by atoms with Gasteiger partial charge >= 0.3 is 0 Å². The lowest BCUT2D eigenvalue weighted by Crippen LogP contribution is -2.44. The maximum absolute atomic E-state index is 13.3. The summed E-state index contributed by atoms with van der Waals surface area (Å²) in [6.45, 7) is 0. The maximum Gasteiger partial charge on any atom is 0.248 e. The molecule has 0 radical (unpaired) electrons. The van der Waals surface area contributed by atoms with Gasteiger partial charge in [0.25, 0.3) is 0 Å². The van der Waals surface area contributed by atoms with Gasteiger partial charge in [-0.05, 0) is 61.1 Å². The van der Waals surface area contributed by atoms with Crippen LogP contribution in [0.4, 0.5) is 8.78 Å². The Bertz CT molecular complexity index is 492. The maximum atomic E-state index is 13.3. The van der Waals surface area contributed by atoms with Crippen molar-refractivity contribution < 1.29 is 8.78 Å². The lowest BCUT2D eigenvalue weighted by atomic mass is 9.80. The fraction of sp³-hybridized carbons (Fsp3) is 0.647. The van der Waals surface area contributed by atoms with Gasteiger partial charge in [-0.25, -0.2) is 8.78 Å². The monoisotopic (exact) mass is 294 g/mol. The normalized spacial score (nSPS) is 23.0. The SMILES string of the molecule is NNC(Cc1ccc2c(c1)CCC2)C1CCC(F)(F)CC1. The van der Waals surface area contributed by atoms with Crippen molar-refractivity contribution >= 4 is 0 Å². The molecule has 0 bridgehead atoms. The molecule has 1 saturated carbocycles. The summed E-state index contributed by atoms with van der Waals surface area (Å²) in [5.41, 5.74) is 7.07. The van der Waals surface area contributed by atoms with Crippen LogP contribution in [0.1, 0.15) is 48.8 Å². The summed E-state index contributed by atoms with van der Waals surface area (Å²) in [6.07, 6.45) is 5.56. The molecule has 0 aliphatic heterocycles. The second kappa shape index (κ2) is 6.01. The first-order valence-corrected chi connectivity index (χ1v) is 8.02. The van der Waals surface area contributed by atoms with Crippen molar-refractivity contribution in [3.05, 3.63) is 34.9 Å². The summed E-state index contributed by atoms with van der Waals surface area (Å²) in [6, 6.07) is 6.77. The van der Waals surface area contributed by atoms with Crippen LogP contribution in [0.25, 0.3) is 0 Å². The number of hydrogen-bond acceptors (Lipinski definition) is 2. The number of nitrogens with one attached hydrogen (secondary N) is 1. The van der Waals surface area contributed by atoms with E-state index in [2.05, 4.69) is 23.6 Å². The molecule has 0 spiro atoms. The fourth-order valence-corrected chi connectivity index (χ4v) is 3.83. The molecule has 2 aliphatic carbocycles. The number of fused-ring (bicyclic) bond motifs is 1. The van der Waals surface area contributed by atoms with Crippen LogP contribution < -0.4 is 11.3 Å². The quantitative estimate of drug-likeness (QED) is 0.660. The molecular formula is C17H24F2N2. The zero-order chi connectivity index (χ0) is 14.9. The van der Waals surface area contributed by atoms with E-state index in [-0.39, 0.29) is 24.8 Å². The number of benzene rings is 1. The Morgan fingerprint density at radius 2 is 1.90 bits per heavy atom. The summed E-state index contributed by atoms with van der Waals surface area (Å²) in [5.74, 6) is 3.48. The third kappa shape index (κ3) is 3.43. The number of aryl methyl sites for hydroxylation is 2. The molecule has 0 heterocycles. The highest BCUT2D eigenvalue weighted by Crippen LogP contribution is 2.38. The van der Waals surface area contributed by atoms with Crippen LogP contribution in [0.5, 0.6) is 0 Å². The van der Waals surface area contributed by atoms with Crippen LogP contribution in [0.15, 0.2) is 18.2 Å². The minimum absolute atomic E-state index is 0.0000342. The Labute approximate surface area is 125 Å². The molecule has 4 heteroatoms. The Morgan fingerprint density at radius 1 is 1.19 bits per heavy atom. The molecule has 0 aromatic heterocycles. The first kappa shape index (κ1) is 14.9. The predicted octanol–water partition coefficient (Wildman–Crippen LogP) is 3.38. The Morgan fingerprint density at radius 3 is 2.62 bits per heavy atom. The standard InChI is InChI=1S/C17H24F2N2/c18-17(19)8-6-14(7-9-17)16(21-20)11-12-4-5-13-2-1-3-15(13)10-12/h4-5,10,14,16,21H,1-3,6-9,11,20H2. The minimum atomic E-state index is -2.47. The van der Waals surface area contributed by atoms with Gasteiger partial charge in [-0.1, -0.05) is 18.2 Å². The Balaban J connectivity index is 1.65. The van der Waals surface area contributed by atoms with Crippen molar-refractivity contribution in [3.8, 4) is 0 Å². The number of hydrazine groups is 1. The number of halogens is 2. The summed E-state index contributed by atoms with van der Waals surface area (Å²) in [7, 11) is 0. The molecule has 116 valence electrons. The largest absolute Gasteiger partial charge is 0.271 e. The summed E-state index contributed by atoms with van der Waals surface area (Å²) < 4.78 is 26.5. The Hall–Kier alpha value is -1.00. The zero-order valence-corrected chi connectivity index (χ0v) is 12.4. The second-order valence-electron chi connectivity index (χ2n) is 6.63. The molecule has 0 saturated heterocycles. The van der Waals surface area contributed by atoms with Gasteiger partial charge in [0, 0.05) is 18.9 Å². The van der Waals surface area contributed by atoms with E-state index in [1.54, 1.807) is 0 Å². The van der Waals surface area contributed by atoms with Gasteiger partial charge in [-0.15, -0.1) is 0 Å². The number of hydrogen-bond donors (Lipinski definition) is 2. The van der Waals surface area contributed by atoms with Gasteiger partial charge < -0.3 is 0 Å². The number of nitrogens with two attached hydrogens (primary N) is 1. The first-order chi connectivity index (χ1) is 10.1. The van der Waals surface area contributed by atoms with Crippen LogP contribution in [0, 0.1) is 5.92 Å². The van der Waals surface area contributed by atoms with Crippen LogP contribution >= 0.6 is 0 Å². The van der Waals surface area contributed by atoms with Gasteiger partial charge in [0.05, 0.1) is 0 Å². The average Bonchev–Trinajstić information content (AvgIpc) is 2.92. The van der Waals surface area contributed by atoms with Crippen molar-refractivity contribution in [3.63, 3.8) is 0 Å². The lowest BCUT2D eigenvalue weighted by Gasteiger charge is -2.33. The van der Waals surface area contributed by atoms with E-state index >= 15 is 0 Å². The van der Waals surface area contributed by atoms with Crippen molar-refractivity contribution in [1.82, 2.24) is 5.43 Å². The van der Waals surface area contributed by atoms with Crippen molar-refractivity contribution in [2.45, 2.75) is 63.3 Å². The molecule has 0 amide bonds. The van der Waals surface area contributed by atoms with E-state index < -0.39 is 5.92 Å². The third-order valence-corrected chi connectivity index (χ3v) is 5.16. The topological polar surface area (TPSA) is 38.0 Å². The highest BCUT2D eigenvalue weighted by molar-refractivity contribution is 5.35. The van der Waals surface area contributed by atoms with E-state index in [9.17, 15) is 8.78 Å². The van der Waals surface area contributed by atoms with Crippen LogP contribution in [0.3, 0.4) is 0 Å². The van der Waals surface area contributed by atoms with Gasteiger partial charge in [0.2, 0.25) is 5.92 Å². The molecule has 1 aromatic carbocycles. The van der Waals surface area contributed by atoms with E-state index in [1.807, 2.05) is 0 Å². The van der Waals surface area contributed by atoms with Gasteiger partial charge in [0.15, 0.2) is 0 Å². The lowest BCUT2D eigenvalue weighted by molar-refractivity contribution is -0.0495. The third-order valence-electron chi connectivity index (χ3n) is 5.16. The van der Waals surface area contributed by atoms with E-state index in [4.69, 9.17) is 5.84 Å². The highest BCUT2D eigenvalue weighted by Gasteiger charge is 2.37. The van der Waals surface area contributed by atoms with Crippen LogP contribution in [-0.4, -0.2) is 12.0 Å². The molecule has 1 unspecified atom stereocenters. The molecule has 2 nitrogen and oxygen atoms in total. The van der Waals surface area contributed by atoms with E-state index in [0.717, 1.165) is 6.42 Å². The molecule has 1 fully saturated rings. The van der Waals surface area contributed by atoms with Crippen LogP contribution in [0.2, 0.25) is 0 Å². The average molecular weight is 294 g/mol.